The third-order valence-corrected chi connectivity index (χ3v) is 4.76. The van der Waals surface area contributed by atoms with Crippen LogP contribution in [0.2, 0.25) is 0 Å². The average Bonchev–Trinajstić information content (AvgIpc) is 2.83. The molecular weight excluding hydrogens is 244 g/mol. The molecule has 2 rings (SSSR count). The summed E-state index contributed by atoms with van der Waals surface area (Å²) in [6, 6.07) is 0. The van der Waals surface area contributed by atoms with Gasteiger partial charge in [0.2, 0.25) is 5.89 Å². The lowest BCUT2D eigenvalue weighted by molar-refractivity contribution is 0.148. The maximum absolute atomic E-state index is 11.4. The summed E-state index contributed by atoms with van der Waals surface area (Å²) < 4.78 is 27.8. The van der Waals surface area contributed by atoms with Crippen molar-refractivity contribution in [3.05, 3.63) is 11.7 Å². The molecule has 1 aromatic heterocycles. The van der Waals surface area contributed by atoms with Crippen molar-refractivity contribution in [1.29, 1.82) is 0 Å². The van der Waals surface area contributed by atoms with Gasteiger partial charge in [0.05, 0.1) is 12.0 Å². The fourth-order valence-corrected chi connectivity index (χ4v) is 2.46. The molecule has 1 aliphatic carbocycles. The smallest absolute Gasteiger partial charge is 0.232 e. The molecule has 0 bridgehead atoms. The summed E-state index contributed by atoms with van der Waals surface area (Å²) in [7, 11) is -3.23. The van der Waals surface area contributed by atoms with Gasteiger partial charge < -0.3 is 9.63 Å². The van der Waals surface area contributed by atoms with Crippen LogP contribution in [0.4, 0.5) is 0 Å². The van der Waals surface area contributed by atoms with Crippen molar-refractivity contribution in [2.75, 3.05) is 6.26 Å². The van der Waals surface area contributed by atoms with E-state index in [0.717, 1.165) is 25.5 Å². The van der Waals surface area contributed by atoms with Crippen LogP contribution < -0.4 is 0 Å². The lowest BCUT2D eigenvalue weighted by Gasteiger charge is -2.08. The molecule has 1 fully saturated rings. The summed E-state index contributed by atoms with van der Waals surface area (Å²) >= 11 is 0. The second-order valence-electron chi connectivity index (χ2n) is 4.57. The van der Waals surface area contributed by atoms with E-state index < -0.39 is 21.2 Å². The van der Waals surface area contributed by atoms with Crippen LogP contribution in [0.3, 0.4) is 0 Å². The third-order valence-electron chi connectivity index (χ3n) is 3.26. The standard InChI is InChI=1S/C10H16N2O4S/c1-6(17(2,14)15)9-11-10(16-12-9)7-4-3-5-8(7)13/h6-8,13H,3-5H2,1-2H3. The number of aliphatic hydroxyl groups is 1. The van der Waals surface area contributed by atoms with Crippen molar-refractivity contribution < 1.29 is 18.0 Å². The minimum absolute atomic E-state index is 0.150. The SMILES string of the molecule is CC(c1noc(C2CCCC2O)n1)S(C)(=O)=O. The van der Waals surface area contributed by atoms with Crippen molar-refractivity contribution in [3.63, 3.8) is 0 Å². The normalized spacial score (nSPS) is 27.2. The van der Waals surface area contributed by atoms with Crippen LogP contribution in [0, 0.1) is 0 Å². The number of hydrogen-bond acceptors (Lipinski definition) is 6. The Morgan fingerprint density at radius 3 is 2.71 bits per heavy atom. The number of nitrogens with zero attached hydrogens (tertiary/aromatic N) is 2. The molecule has 1 saturated carbocycles. The van der Waals surface area contributed by atoms with Crippen molar-refractivity contribution in [3.8, 4) is 0 Å². The quantitative estimate of drug-likeness (QED) is 0.864. The largest absolute Gasteiger partial charge is 0.392 e. The van der Waals surface area contributed by atoms with Crippen LogP contribution in [0.1, 0.15) is 49.1 Å². The van der Waals surface area contributed by atoms with E-state index in [1.165, 1.54) is 6.92 Å². The molecular formula is C10H16N2O4S. The number of aromatic nitrogens is 2. The summed E-state index contributed by atoms with van der Waals surface area (Å²) in [5.41, 5.74) is 0. The molecule has 0 aliphatic heterocycles. The van der Waals surface area contributed by atoms with Gasteiger partial charge in [-0.15, -0.1) is 0 Å². The Balaban J connectivity index is 2.21. The molecule has 0 spiro atoms. The predicted molar refractivity (Wildman–Crippen MR) is 60.2 cm³/mol. The van der Waals surface area contributed by atoms with Crippen LogP contribution in [-0.2, 0) is 9.84 Å². The van der Waals surface area contributed by atoms with Gasteiger partial charge in [-0.2, -0.15) is 4.98 Å². The highest BCUT2D eigenvalue weighted by Gasteiger charge is 2.33. The predicted octanol–water partition coefficient (Wildman–Crippen LogP) is 0.804. The van der Waals surface area contributed by atoms with Gasteiger partial charge in [-0.1, -0.05) is 5.16 Å². The van der Waals surface area contributed by atoms with Crippen molar-refractivity contribution >= 4 is 9.84 Å². The Morgan fingerprint density at radius 2 is 2.18 bits per heavy atom. The second-order valence-corrected chi connectivity index (χ2v) is 6.93. The van der Waals surface area contributed by atoms with Crippen molar-refractivity contribution in [2.45, 2.75) is 43.5 Å². The van der Waals surface area contributed by atoms with Crippen LogP contribution in [0.15, 0.2) is 4.52 Å². The Labute approximate surface area is 99.9 Å². The zero-order valence-electron chi connectivity index (χ0n) is 9.83. The second kappa shape index (κ2) is 4.38. The summed E-state index contributed by atoms with van der Waals surface area (Å²) in [5, 5.41) is 12.6. The topological polar surface area (TPSA) is 93.3 Å². The van der Waals surface area contributed by atoms with E-state index in [4.69, 9.17) is 4.52 Å². The fourth-order valence-electron chi connectivity index (χ4n) is 1.98. The van der Waals surface area contributed by atoms with Gasteiger partial charge in [-0.05, 0) is 26.2 Å². The molecule has 7 heteroatoms. The molecule has 0 amide bonds. The van der Waals surface area contributed by atoms with E-state index in [2.05, 4.69) is 10.1 Å². The van der Waals surface area contributed by atoms with E-state index in [0.29, 0.717) is 5.89 Å². The lowest BCUT2D eigenvalue weighted by atomic mass is 10.1. The Kier molecular flexibility index (Phi) is 3.22. The fraction of sp³-hybridized carbons (Fsp3) is 0.800. The first-order valence-corrected chi connectivity index (χ1v) is 7.55. The number of aliphatic hydroxyl groups excluding tert-OH is 1. The van der Waals surface area contributed by atoms with Gasteiger partial charge in [0.25, 0.3) is 0 Å². The molecule has 17 heavy (non-hydrogen) atoms. The molecule has 3 unspecified atom stereocenters. The highest BCUT2D eigenvalue weighted by Crippen LogP contribution is 2.34. The van der Waals surface area contributed by atoms with E-state index in [9.17, 15) is 13.5 Å². The van der Waals surface area contributed by atoms with Gasteiger partial charge >= 0.3 is 0 Å². The Morgan fingerprint density at radius 1 is 1.47 bits per heavy atom. The molecule has 6 nitrogen and oxygen atoms in total. The first kappa shape index (κ1) is 12.5. The molecule has 96 valence electrons. The molecule has 0 radical (unpaired) electrons. The summed E-state index contributed by atoms with van der Waals surface area (Å²) in [6.07, 6.45) is 3.13. The summed E-state index contributed by atoms with van der Waals surface area (Å²) in [5.74, 6) is 0.366. The Hall–Kier alpha value is -0.950. The van der Waals surface area contributed by atoms with Crippen molar-refractivity contribution in [2.24, 2.45) is 0 Å². The van der Waals surface area contributed by atoms with Crippen LogP contribution in [0.25, 0.3) is 0 Å². The van der Waals surface area contributed by atoms with Gasteiger partial charge in [-0.3, -0.25) is 0 Å². The molecule has 0 saturated heterocycles. The number of rotatable bonds is 3. The van der Waals surface area contributed by atoms with Crippen LogP contribution in [0.5, 0.6) is 0 Å². The average molecular weight is 260 g/mol. The van der Waals surface area contributed by atoms with Crippen LogP contribution >= 0.6 is 0 Å². The van der Waals surface area contributed by atoms with Gasteiger partial charge in [0.15, 0.2) is 15.7 Å². The highest BCUT2D eigenvalue weighted by molar-refractivity contribution is 7.90. The minimum Gasteiger partial charge on any atom is -0.392 e. The van der Waals surface area contributed by atoms with Gasteiger partial charge in [0.1, 0.15) is 5.25 Å². The molecule has 1 aliphatic rings. The maximum atomic E-state index is 11.4. The summed E-state index contributed by atoms with van der Waals surface area (Å²) in [4.78, 5) is 4.09. The third kappa shape index (κ3) is 2.50. The maximum Gasteiger partial charge on any atom is 0.232 e. The van der Waals surface area contributed by atoms with E-state index in [-0.39, 0.29) is 11.7 Å². The molecule has 3 atom stereocenters. The minimum atomic E-state index is -3.23. The monoisotopic (exact) mass is 260 g/mol. The Bertz CT molecular complexity index is 496. The van der Waals surface area contributed by atoms with Crippen LogP contribution in [-0.4, -0.2) is 36.0 Å². The van der Waals surface area contributed by atoms with Gasteiger partial charge in [0, 0.05) is 6.26 Å². The first-order valence-electron chi connectivity index (χ1n) is 5.60. The number of hydrogen-bond donors (Lipinski definition) is 1. The zero-order valence-corrected chi connectivity index (χ0v) is 10.6. The van der Waals surface area contributed by atoms with Crippen molar-refractivity contribution in [1.82, 2.24) is 10.1 Å². The van der Waals surface area contributed by atoms with E-state index in [1.807, 2.05) is 0 Å². The number of sulfone groups is 1. The summed E-state index contributed by atoms with van der Waals surface area (Å²) in [6.45, 7) is 1.52. The molecule has 1 heterocycles. The van der Waals surface area contributed by atoms with E-state index >= 15 is 0 Å². The first-order chi connectivity index (χ1) is 7.89. The molecule has 1 aromatic rings. The van der Waals surface area contributed by atoms with E-state index in [1.54, 1.807) is 0 Å². The zero-order chi connectivity index (χ0) is 12.6. The molecule has 1 N–H and O–H groups in total. The van der Waals surface area contributed by atoms with Gasteiger partial charge in [-0.25, -0.2) is 8.42 Å². The lowest BCUT2D eigenvalue weighted by Crippen LogP contribution is -2.12. The molecule has 0 aromatic carbocycles. The highest BCUT2D eigenvalue weighted by atomic mass is 32.2.